The first-order chi connectivity index (χ1) is 10.6. The number of halogens is 2. The van der Waals surface area contributed by atoms with Crippen molar-refractivity contribution in [3.8, 4) is 5.69 Å². The summed E-state index contributed by atoms with van der Waals surface area (Å²) in [5.74, 6) is -2.18. The largest absolute Gasteiger partial charge is 0.324 e. The number of benzene rings is 2. The van der Waals surface area contributed by atoms with Gasteiger partial charge in [-0.1, -0.05) is 6.07 Å². The topological polar surface area (TPSA) is 34.0 Å². The van der Waals surface area contributed by atoms with Gasteiger partial charge in [0.05, 0.1) is 0 Å². The molecule has 0 fully saturated rings. The van der Waals surface area contributed by atoms with Crippen LogP contribution in [0.1, 0.15) is 10.4 Å². The summed E-state index contributed by atoms with van der Waals surface area (Å²) in [4.78, 5) is 12.1. The van der Waals surface area contributed by atoms with E-state index in [0.29, 0.717) is 5.56 Å². The highest BCUT2D eigenvalue weighted by Gasteiger charge is 2.13. The summed E-state index contributed by atoms with van der Waals surface area (Å²) in [6.07, 6.45) is 3.76. The van der Waals surface area contributed by atoms with Gasteiger partial charge in [-0.15, -0.1) is 0 Å². The summed E-state index contributed by atoms with van der Waals surface area (Å²) in [7, 11) is 0. The number of anilines is 1. The van der Waals surface area contributed by atoms with Crippen molar-refractivity contribution in [1.82, 2.24) is 4.57 Å². The molecule has 1 aromatic heterocycles. The van der Waals surface area contributed by atoms with Crippen LogP contribution in [0, 0.1) is 11.6 Å². The summed E-state index contributed by atoms with van der Waals surface area (Å²) in [5.41, 5.74) is 0.763. The van der Waals surface area contributed by atoms with Gasteiger partial charge in [-0.05, 0) is 48.5 Å². The maximum absolute atomic E-state index is 13.5. The Morgan fingerprint density at radius 1 is 0.864 bits per heavy atom. The molecule has 5 heteroatoms. The van der Waals surface area contributed by atoms with E-state index in [1.54, 1.807) is 24.3 Å². The quantitative estimate of drug-likeness (QED) is 0.779. The van der Waals surface area contributed by atoms with Crippen molar-refractivity contribution in [2.75, 3.05) is 5.32 Å². The normalized spacial score (nSPS) is 10.5. The molecule has 1 N–H and O–H groups in total. The van der Waals surface area contributed by atoms with Crippen LogP contribution < -0.4 is 5.32 Å². The van der Waals surface area contributed by atoms with Crippen molar-refractivity contribution in [3.05, 3.63) is 84.2 Å². The first kappa shape index (κ1) is 14.0. The molecule has 0 radical (unpaired) electrons. The molecule has 22 heavy (non-hydrogen) atoms. The van der Waals surface area contributed by atoms with E-state index in [0.717, 1.165) is 17.8 Å². The summed E-state index contributed by atoms with van der Waals surface area (Å²) in [5, 5.41) is 2.25. The minimum absolute atomic E-state index is 0.318. The Bertz CT molecular complexity index is 776. The molecule has 1 heterocycles. The maximum Gasteiger partial charge on any atom is 0.255 e. The van der Waals surface area contributed by atoms with Crippen LogP contribution in [-0.2, 0) is 0 Å². The number of para-hydroxylation sites is 1. The van der Waals surface area contributed by atoms with E-state index in [-0.39, 0.29) is 0 Å². The van der Waals surface area contributed by atoms with Gasteiger partial charge in [0.25, 0.3) is 5.91 Å². The Labute approximate surface area is 125 Å². The number of hydrogen-bond donors (Lipinski definition) is 1. The van der Waals surface area contributed by atoms with E-state index >= 15 is 0 Å². The molecule has 0 unspecified atom stereocenters. The van der Waals surface area contributed by atoms with Gasteiger partial charge < -0.3 is 9.88 Å². The number of nitrogens with one attached hydrogen (secondary N) is 1. The number of amides is 1. The smallest absolute Gasteiger partial charge is 0.255 e. The molecule has 0 aliphatic heterocycles. The first-order valence-corrected chi connectivity index (χ1v) is 6.64. The Morgan fingerprint density at radius 2 is 1.45 bits per heavy atom. The van der Waals surface area contributed by atoms with E-state index in [4.69, 9.17) is 0 Å². The number of carbonyl (C=O) groups excluding carboxylic acids is 1. The van der Waals surface area contributed by atoms with Crippen LogP contribution >= 0.6 is 0 Å². The first-order valence-electron chi connectivity index (χ1n) is 6.64. The molecule has 0 aliphatic rings. The zero-order chi connectivity index (χ0) is 15.5. The second-order valence-electron chi connectivity index (χ2n) is 4.69. The minimum Gasteiger partial charge on any atom is -0.324 e. The van der Waals surface area contributed by atoms with Crippen LogP contribution in [0.5, 0.6) is 0 Å². The zero-order valence-electron chi connectivity index (χ0n) is 11.5. The average molecular weight is 298 g/mol. The number of nitrogens with zero attached hydrogens (tertiary/aromatic N) is 1. The van der Waals surface area contributed by atoms with Crippen molar-refractivity contribution < 1.29 is 13.6 Å². The van der Waals surface area contributed by atoms with Gasteiger partial charge in [-0.2, -0.15) is 0 Å². The second-order valence-corrected chi connectivity index (χ2v) is 4.69. The van der Waals surface area contributed by atoms with Gasteiger partial charge in [-0.25, -0.2) is 8.78 Å². The molecular formula is C17H12F2N2O. The Kier molecular flexibility index (Phi) is 3.70. The van der Waals surface area contributed by atoms with Gasteiger partial charge in [0, 0.05) is 23.6 Å². The molecule has 0 saturated heterocycles. The summed E-state index contributed by atoms with van der Waals surface area (Å²) in [6, 6.07) is 13.9. The predicted octanol–water partition coefficient (Wildman–Crippen LogP) is 4.01. The molecule has 0 saturated carbocycles. The molecule has 3 nitrogen and oxygen atoms in total. The molecule has 3 rings (SSSR count). The van der Waals surface area contributed by atoms with Gasteiger partial charge in [0.15, 0.2) is 0 Å². The molecule has 0 aliphatic carbocycles. The highest BCUT2D eigenvalue weighted by molar-refractivity contribution is 6.04. The van der Waals surface area contributed by atoms with Gasteiger partial charge >= 0.3 is 0 Å². The van der Waals surface area contributed by atoms with Crippen LogP contribution in [0.3, 0.4) is 0 Å². The fourth-order valence-electron chi connectivity index (χ4n) is 2.09. The van der Waals surface area contributed by atoms with Crippen molar-refractivity contribution in [1.29, 1.82) is 0 Å². The second kappa shape index (κ2) is 5.81. The minimum atomic E-state index is -0.808. The van der Waals surface area contributed by atoms with Crippen LogP contribution in [0.15, 0.2) is 67.0 Å². The predicted molar refractivity (Wildman–Crippen MR) is 80.1 cm³/mol. The van der Waals surface area contributed by atoms with Crippen LogP contribution in [0.4, 0.5) is 14.5 Å². The van der Waals surface area contributed by atoms with E-state index in [1.165, 1.54) is 6.07 Å². The van der Waals surface area contributed by atoms with E-state index in [9.17, 15) is 13.6 Å². The molecule has 0 atom stereocenters. The van der Waals surface area contributed by atoms with Crippen LogP contribution in [-0.4, -0.2) is 10.5 Å². The fourth-order valence-corrected chi connectivity index (χ4v) is 2.09. The highest BCUT2D eigenvalue weighted by atomic mass is 19.1. The number of carbonyl (C=O) groups is 1. The van der Waals surface area contributed by atoms with Crippen molar-refractivity contribution in [3.63, 3.8) is 0 Å². The molecule has 2 aromatic carbocycles. The lowest BCUT2D eigenvalue weighted by molar-refractivity contribution is 0.102. The van der Waals surface area contributed by atoms with E-state index in [2.05, 4.69) is 5.32 Å². The lowest BCUT2D eigenvalue weighted by Crippen LogP contribution is -2.14. The van der Waals surface area contributed by atoms with Crippen molar-refractivity contribution in [2.45, 2.75) is 0 Å². The molecule has 1 amide bonds. The highest BCUT2D eigenvalue weighted by Crippen LogP contribution is 2.19. The third kappa shape index (κ3) is 2.74. The van der Waals surface area contributed by atoms with Gasteiger partial charge in [0.1, 0.15) is 17.3 Å². The average Bonchev–Trinajstić information content (AvgIpc) is 3.05. The van der Waals surface area contributed by atoms with Gasteiger partial charge in [-0.3, -0.25) is 4.79 Å². The maximum atomic E-state index is 13.5. The zero-order valence-corrected chi connectivity index (χ0v) is 11.5. The molecule has 0 bridgehead atoms. The SMILES string of the molecule is O=C(Nc1c(F)cccc1F)c1ccc(-n2cccc2)cc1. The third-order valence-electron chi connectivity index (χ3n) is 3.23. The standard InChI is InChI=1S/C17H12F2N2O/c18-14-4-3-5-15(19)16(14)20-17(22)12-6-8-13(9-7-12)21-10-1-2-11-21/h1-11H,(H,20,22). The fraction of sp³-hybridized carbons (Fsp3) is 0. The molecular weight excluding hydrogens is 286 g/mol. The molecule has 110 valence electrons. The van der Waals surface area contributed by atoms with Gasteiger partial charge in [0.2, 0.25) is 0 Å². The van der Waals surface area contributed by atoms with Crippen molar-refractivity contribution >= 4 is 11.6 Å². The Morgan fingerprint density at radius 3 is 2.05 bits per heavy atom. The van der Waals surface area contributed by atoms with E-state index < -0.39 is 23.2 Å². The summed E-state index contributed by atoms with van der Waals surface area (Å²) >= 11 is 0. The Hall–Kier alpha value is -2.95. The Balaban J connectivity index is 1.81. The van der Waals surface area contributed by atoms with Crippen LogP contribution in [0.25, 0.3) is 5.69 Å². The number of hydrogen-bond acceptors (Lipinski definition) is 1. The molecule has 3 aromatic rings. The summed E-state index contributed by atoms with van der Waals surface area (Å²) in [6.45, 7) is 0. The third-order valence-corrected chi connectivity index (χ3v) is 3.23. The molecule has 0 spiro atoms. The number of rotatable bonds is 3. The number of aromatic nitrogens is 1. The lowest BCUT2D eigenvalue weighted by Gasteiger charge is -2.08. The lowest BCUT2D eigenvalue weighted by atomic mass is 10.2. The van der Waals surface area contributed by atoms with Crippen LogP contribution in [0.2, 0.25) is 0 Å². The van der Waals surface area contributed by atoms with Crippen molar-refractivity contribution in [2.24, 2.45) is 0 Å². The monoisotopic (exact) mass is 298 g/mol. The summed E-state index contributed by atoms with van der Waals surface area (Å²) < 4.78 is 28.9. The van der Waals surface area contributed by atoms with E-state index in [1.807, 2.05) is 29.1 Å².